The van der Waals surface area contributed by atoms with Crippen LogP contribution in [0.4, 0.5) is 5.82 Å². The molecule has 4 rings (SSSR count). The van der Waals surface area contributed by atoms with Gasteiger partial charge in [0.15, 0.2) is 0 Å². The average Bonchev–Trinajstić information content (AvgIpc) is 2.72. The smallest absolute Gasteiger partial charge is 0.270 e. The summed E-state index contributed by atoms with van der Waals surface area (Å²) in [4.78, 5) is 25.7. The van der Waals surface area contributed by atoms with Crippen LogP contribution in [0.3, 0.4) is 0 Å². The van der Waals surface area contributed by atoms with Crippen molar-refractivity contribution in [3.63, 3.8) is 0 Å². The summed E-state index contributed by atoms with van der Waals surface area (Å²) in [5.74, 6) is 0.550. The number of nitrogens with zero attached hydrogens (tertiary/aromatic N) is 3. The van der Waals surface area contributed by atoms with Gasteiger partial charge in [-0.3, -0.25) is 9.78 Å². The van der Waals surface area contributed by atoms with Crippen molar-refractivity contribution in [1.82, 2.24) is 20.3 Å². The third kappa shape index (κ3) is 4.43. The second-order valence-corrected chi connectivity index (χ2v) is 7.00. The summed E-state index contributed by atoms with van der Waals surface area (Å²) >= 11 is 0. The molecule has 7 nitrogen and oxygen atoms in total. The van der Waals surface area contributed by atoms with Gasteiger partial charge in [-0.05, 0) is 49.6 Å². The van der Waals surface area contributed by atoms with E-state index in [1.165, 1.54) is 0 Å². The van der Waals surface area contributed by atoms with E-state index in [4.69, 9.17) is 4.74 Å². The molecule has 3 aromatic rings. The van der Waals surface area contributed by atoms with Crippen molar-refractivity contribution in [2.75, 3.05) is 18.5 Å². The first-order valence-electron chi connectivity index (χ1n) is 9.48. The van der Waals surface area contributed by atoms with Gasteiger partial charge in [-0.15, -0.1) is 0 Å². The molecule has 1 saturated heterocycles. The average molecular weight is 377 g/mol. The summed E-state index contributed by atoms with van der Waals surface area (Å²) < 4.78 is 5.39. The minimum Gasteiger partial charge on any atom is -0.381 e. The number of carbonyl (C=O) groups excluding carboxylic acids is 1. The number of nitrogens with one attached hydrogen (secondary N) is 2. The maximum Gasteiger partial charge on any atom is 0.270 e. The molecule has 4 heterocycles. The molecular formula is C21H23N5O2. The van der Waals surface area contributed by atoms with Crippen LogP contribution in [-0.2, 0) is 11.3 Å². The van der Waals surface area contributed by atoms with Gasteiger partial charge in [0.25, 0.3) is 5.91 Å². The molecule has 0 spiro atoms. The van der Waals surface area contributed by atoms with Crippen LogP contribution in [0.5, 0.6) is 0 Å². The highest BCUT2D eigenvalue weighted by Gasteiger charge is 2.14. The van der Waals surface area contributed by atoms with Crippen LogP contribution >= 0.6 is 0 Å². The van der Waals surface area contributed by atoms with Gasteiger partial charge in [0.1, 0.15) is 11.5 Å². The van der Waals surface area contributed by atoms with Crippen LogP contribution in [0, 0.1) is 6.92 Å². The van der Waals surface area contributed by atoms with Crippen LogP contribution in [-0.4, -0.2) is 40.1 Å². The topological polar surface area (TPSA) is 89.0 Å². The predicted octanol–water partition coefficient (Wildman–Crippen LogP) is 2.85. The molecule has 3 aromatic heterocycles. The minimum atomic E-state index is -0.221. The molecule has 0 radical (unpaired) electrons. The van der Waals surface area contributed by atoms with Gasteiger partial charge in [-0.2, -0.15) is 0 Å². The molecule has 28 heavy (non-hydrogen) atoms. The number of aryl methyl sites for hydroxylation is 1. The van der Waals surface area contributed by atoms with E-state index in [1.54, 1.807) is 18.5 Å². The van der Waals surface area contributed by atoms with Crippen molar-refractivity contribution < 1.29 is 9.53 Å². The van der Waals surface area contributed by atoms with Crippen molar-refractivity contribution in [3.8, 4) is 0 Å². The van der Waals surface area contributed by atoms with Crippen molar-refractivity contribution >= 4 is 22.6 Å². The number of aromatic nitrogens is 3. The lowest BCUT2D eigenvalue weighted by atomic mass is 10.1. The molecule has 0 atom stereocenters. The molecule has 1 aliphatic heterocycles. The third-order valence-corrected chi connectivity index (χ3v) is 4.78. The molecule has 0 bridgehead atoms. The zero-order valence-corrected chi connectivity index (χ0v) is 15.8. The number of hydrogen-bond acceptors (Lipinski definition) is 6. The lowest BCUT2D eigenvalue weighted by Gasteiger charge is -2.23. The van der Waals surface area contributed by atoms with Gasteiger partial charge >= 0.3 is 0 Å². The lowest BCUT2D eigenvalue weighted by molar-refractivity contribution is 0.0903. The van der Waals surface area contributed by atoms with Gasteiger partial charge in [0.05, 0.1) is 17.8 Å². The Kier molecular flexibility index (Phi) is 5.43. The monoisotopic (exact) mass is 377 g/mol. The Balaban J connectivity index is 1.46. The quantitative estimate of drug-likeness (QED) is 0.711. The maximum absolute atomic E-state index is 12.5. The number of ether oxygens (including phenoxy) is 1. The molecule has 7 heteroatoms. The number of pyridine rings is 3. The molecular weight excluding hydrogens is 354 g/mol. The second-order valence-electron chi connectivity index (χ2n) is 7.00. The molecule has 0 aromatic carbocycles. The summed E-state index contributed by atoms with van der Waals surface area (Å²) in [6.07, 6.45) is 5.44. The first-order valence-corrected chi connectivity index (χ1v) is 9.48. The van der Waals surface area contributed by atoms with Gasteiger partial charge in [-0.25, -0.2) is 9.97 Å². The summed E-state index contributed by atoms with van der Waals surface area (Å²) in [7, 11) is 0. The molecule has 144 valence electrons. The molecule has 1 aliphatic rings. The fourth-order valence-corrected chi connectivity index (χ4v) is 3.23. The summed E-state index contributed by atoms with van der Waals surface area (Å²) in [5.41, 5.74) is 3.05. The molecule has 0 aliphatic carbocycles. The van der Waals surface area contributed by atoms with E-state index >= 15 is 0 Å². The summed E-state index contributed by atoms with van der Waals surface area (Å²) in [6.45, 7) is 3.90. The first kappa shape index (κ1) is 18.3. The van der Waals surface area contributed by atoms with E-state index in [2.05, 4.69) is 25.6 Å². The Morgan fingerprint density at radius 3 is 2.86 bits per heavy atom. The Labute approximate surface area is 163 Å². The fourth-order valence-electron chi connectivity index (χ4n) is 3.23. The summed E-state index contributed by atoms with van der Waals surface area (Å²) in [5, 5.41) is 7.21. The predicted molar refractivity (Wildman–Crippen MR) is 107 cm³/mol. The maximum atomic E-state index is 12.5. The zero-order chi connectivity index (χ0) is 19.3. The highest BCUT2D eigenvalue weighted by atomic mass is 16.5. The number of amides is 1. The van der Waals surface area contributed by atoms with Crippen LogP contribution in [0.15, 0.2) is 42.7 Å². The van der Waals surface area contributed by atoms with Crippen LogP contribution in [0.25, 0.3) is 10.9 Å². The van der Waals surface area contributed by atoms with Gasteiger partial charge in [0, 0.05) is 43.1 Å². The van der Waals surface area contributed by atoms with Gasteiger partial charge < -0.3 is 15.4 Å². The van der Waals surface area contributed by atoms with Gasteiger partial charge in [-0.1, -0.05) is 0 Å². The van der Waals surface area contributed by atoms with Crippen molar-refractivity contribution in [2.45, 2.75) is 32.4 Å². The largest absolute Gasteiger partial charge is 0.381 e. The van der Waals surface area contributed by atoms with Crippen LogP contribution < -0.4 is 10.6 Å². The first-order chi connectivity index (χ1) is 13.7. The lowest BCUT2D eigenvalue weighted by Crippen LogP contribution is -2.28. The third-order valence-electron chi connectivity index (χ3n) is 4.78. The highest BCUT2D eigenvalue weighted by Crippen LogP contribution is 2.18. The molecule has 1 fully saturated rings. The number of fused-ring (bicyclic) bond motifs is 1. The number of anilines is 1. The van der Waals surface area contributed by atoms with E-state index in [0.717, 1.165) is 54.0 Å². The Morgan fingerprint density at radius 2 is 2.04 bits per heavy atom. The van der Waals surface area contributed by atoms with Crippen molar-refractivity contribution in [2.24, 2.45) is 0 Å². The number of rotatable bonds is 5. The van der Waals surface area contributed by atoms with Crippen molar-refractivity contribution in [3.05, 3.63) is 59.7 Å². The highest BCUT2D eigenvalue weighted by molar-refractivity contribution is 5.95. The normalized spacial score (nSPS) is 14.8. The van der Waals surface area contributed by atoms with E-state index in [9.17, 15) is 4.79 Å². The van der Waals surface area contributed by atoms with Crippen LogP contribution in [0.2, 0.25) is 0 Å². The Morgan fingerprint density at radius 1 is 1.18 bits per heavy atom. The fraction of sp³-hybridized carbons (Fsp3) is 0.333. The second kappa shape index (κ2) is 8.31. The van der Waals surface area contributed by atoms with E-state index in [0.29, 0.717) is 18.3 Å². The van der Waals surface area contributed by atoms with E-state index in [-0.39, 0.29) is 5.91 Å². The van der Waals surface area contributed by atoms with Crippen LogP contribution in [0.1, 0.15) is 34.6 Å². The van der Waals surface area contributed by atoms with E-state index in [1.807, 2.05) is 31.2 Å². The number of hydrogen-bond donors (Lipinski definition) is 2. The van der Waals surface area contributed by atoms with Gasteiger partial charge in [0.2, 0.25) is 0 Å². The van der Waals surface area contributed by atoms with E-state index < -0.39 is 0 Å². The summed E-state index contributed by atoms with van der Waals surface area (Å²) in [6, 6.07) is 9.71. The standard InChI is InChI=1S/C21H23N5O2/c1-14-4-7-22-17(10-14)13-24-21(27)18-3-2-15-12-23-20(11-19(15)26-18)25-16-5-8-28-9-6-16/h2-4,7,10-12,16H,5-6,8-9,13H2,1H3,(H,23,25)(H,24,27). The number of carbonyl (C=O) groups is 1. The Bertz CT molecular complexity index is 985. The molecule has 2 N–H and O–H groups in total. The molecule has 0 unspecified atom stereocenters. The molecule has 0 saturated carbocycles. The minimum absolute atomic E-state index is 0.221. The zero-order valence-electron chi connectivity index (χ0n) is 15.8. The molecule has 1 amide bonds. The SMILES string of the molecule is Cc1ccnc(CNC(=O)c2ccc3cnc(NC4CCOCC4)cc3n2)c1. The Hall–Kier alpha value is -3.06. The van der Waals surface area contributed by atoms with Crippen molar-refractivity contribution in [1.29, 1.82) is 0 Å².